The monoisotopic (exact) mass is 1710 g/mol. The number of amides is 15. The van der Waals surface area contributed by atoms with E-state index in [1.807, 2.05) is 0 Å². The molecule has 2 fully saturated rings. The highest BCUT2D eigenvalue weighted by atomic mass is 32.2. The first kappa shape index (κ1) is 101. The van der Waals surface area contributed by atoms with E-state index in [-0.39, 0.29) is 120 Å². The van der Waals surface area contributed by atoms with Crippen molar-refractivity contribution in [2.24, 2.45) is 28.7 Å². The average Bonchev–Trinajstić information content (AvgIpc) is 1.64. The van der Waals surface area contributed by atoms with Gasteiger partial charge in [0.2, 0.25) is 88.6 Å². The largest absolute Gasteiger partial charge is 0.508 e. The maximum Gasteiger partial charge on any atom is 0.246 e. The van der Waals surface area contributed by atoms with Gasteiger partial charge in [-0.25, -0.2) is 0 Å². The summed E-state index contributed by atoms with van der Waals surface area (Å²) in [4.78, 5) is 208. The van der Waals surface area contributed by atoms with Crippen molar-refractivity contribution >= 4 is 112 Å². The van der Waals surface area contributed by atoms with Gasteiger partial charge in [0.1, 0.15) is 54.1 Å². The highest BCUT2D eigenvalue weighted by Gasteiger charge is 2.41. The van der Waals surface area contributed by atoms with Crippen LogP contribution in [-0.4, -0.2) is 321 Å². The second-order valence-electron chi connectivity index (χ2n) is 27.2. The molecule has 0 aliphatic carbocycles. The van der Waals surface area contributed by atoms with Gasteiger partial charge in [0.15, 0.2) is 0 Å². The summed E-state index contributed by atoms with van der Waals surface area (Å²) in [6.07, 6.45) is -1.09. The van der Waals surface area contributed by atoms with Gasteiger partial charge in [-0.05, 0) is 81.2 Å². The molecule has 2 saturated heterocycles. The summed E-state index contributed by atoms with van der Waals surface area (Å²) in [5.41, 5.74) is 28.5. The molecule has 2 heterocycles. The molecular formula is C75H119N17O24S2. The number of nitrogens with one attached hydrogen (secondary N) is 11. The van der Waals surface area contributed by atoms with Gasteiger partial charge in [-0.15, -0.1) is 0 Å². The Bertz CT molecular complexity index is 3460. The smallest absolute Gasteiger partial charge is 0.246 e. The molecule has 2 aromatic rings. The van der Waals surface area contributed by atoms with E-state index in [0.29, 0.717) is 103 Å². The Morgan fingerprint density at radius 1 is 0.525 bits per heavy atom. The van der Waals surface area contributed by atoms with E-state index < -0.39 is 182 Å². The summed E-state index contributed by atoms with van der Waals surface area (Å²) in [7, 11) is 1.61. The molecule has 118 heavy (non-hydrogen) atoms. The number of nitrogens with two attached hydrogens (primary N) is 5. The van der Waals surface area contributed by atoms with E-state index in [2.05, 4.69) is 58.5 Å². The molecule has 2 aliphatic rings. The molecule has 2 aliphatic heterocycles. The number of carbonyl (C=O) groups is 15. The second-order valence-corrected chi connectivity index (χ2v) is 29.6. The Balaban J connectivity index is 1.69. The van der Waals surface area contributed by atoms with E-state index >= 15 is 14.4 Å². The lowest BCUT2D eigenvalue weighted by molar-refractivity contribution is -0.142. The SMILES string of the molecule is COCCOCCOCCOCCOCCOCCOCCOCCNC(=O)CCCC1CSC[C@@H](C(=O)N2CCC[C@H]2C(=O)N[C@@H](CCCCN)C(=O)NCC(N)=O)NC(=O)[C@H](CC(N)=O)NC(=O)[C@H](CCC(N)=O)NC(=O)[C@H](Cc2ccccc2)NC(=O)[C@H](Cc2ccc(O)cc2)NC(=O)[C@@H](NC(=O)CNC(=O)CNC(=O)CN)CS1. The van der Waals surface area contributed by atoms with E-state index in [1.54, 1.807) is 37.4 Å². The summed E-state index contributed by atoms with van der Waals surface area (Å²) in [6.45, 7) is 3.51. The van der Waals surface area contributed by atoms with Crippen molar-refractivity contribution in [2.45, 2.75) is 137 Å². The number of ether oxygens (including phenoxy) is 8. The molecule has 0 bridgehead atoms. The van der Waals surface area contributed by atoms with Crippen LogP contribution in [-0.2, 0) is 123 Å². The summed E-state index contributed by atoms with van der Waals surface area (Å²) < 4.78 is 43.5. The first-order chi connectivity index (χ1) is 56.8. The number of phenols is 1. The minimum absolute atomic E-state index is 0.0306. The van der Waals surface area contributed by atoms with Gasteiger partial charge in [-0.3, -0.25) is 71.9 Å². The summed E-state index contributed by atoms with van der Waals surface area (Å²) in [6, 6.07) is 1.17. The van der Waals surface area contributed by atoms with Crippen molar-refractivity contribution < 1.29 is 115 Å². The first-order valence-corrected chi connectivity index (χ1v) is 41.3. The van der Waals surface area contributed by atoms with Gasteiger partial charge in [-0.1, -0.05) is 42.5 Å². The molecule has 15 amide bonds. The fourth-order valence-electron chi connectivity index (χ4n) is 11.6. The third-order valence-corrected chi connectivity index (χ3v) is 20.5. The van der Waals surface area contributed by atoms with Crippen LogP contribution >= 0.6 is 23.5 Å². The van der Waals surface area contributed by atoms with Gasteiger partial charge in [-0.2, -0.15) is 23.5 Å². The average molecular weight is 1710 g/mol. The van der Waals surface area contributed by atoms with Crippen LogP contribution in [0, 0.1) is 0 Å². The molecule has 4 rings (SSSR count). The fourth-order valence-corrected chi connectivity index (χ4v) is 14.3. The normalized spacial score (nSPS) is 19.4. The van der Waals surface area contributed by atoms with E-state index in [9.17, 15) is 62.6 Å². The lowest BCUT2D eigenvalue weighted by Gasteiger charge is -2.31. The molecule has 2 aromatic carbocycles. The number of nitrogens with zero attached hydrogens (tertiary/aromatic N) is 1. The van der Waals surface area contributed by atoms with Crippen LogP contribution in [0.15, 0.2) is 54.6 Å². The Morgan fingerprint density at radius 3 is 1.63 bits per heavy atom. The Morgan fingerprint density at radius 2 is 1.06 bits per heavy atom. The van der Waals surface area contributed by atoms with Crippen LogP contribution in [0.1, 0.15) is 81.8 Å². The Hall–Kier alpha value is -9.41. The molecule has 22 N–H and O–H groups in total. The minimum atomic E-state index is -1.91. The molecule has 0 saturated carbocycles. The maximum absolute atomic E-state index is 15.3. The summed E-state index contributed by atoms with van der Waals surface area (Å²) in [5, 5.41) is 37.7. The Labute approximate surface area is 693 Å². The van der Waals surface area contributed by atoms with E-state index in [0.717, 1.165) is 23.5 Å². The highest BCUT2D eigenvalue weighted by Crippen LogP contribution is 2.26. The van der Waals surface area contributed by atoms with Gasteiger partial charge >= 0.3 is 0 Å². The molecule has 0 aromatic heterocycles. The standard InChI is InChI=1S/C75H119N17O24S2/c1-109-25-26-111-29-30-113-33-34-115-37-38-116-36-35-114-32-31-112-28-27-110-24-22-81-64(97)14-7-11-52-46-117-47-59(75(108)92-23-8-13-60(92)74(107)87-53(12-5-6-21-76)68(101)84-43-63(80)96)91-72(105)57(41-62(79)95)90-69(102)54(19-20-61(78)94)86-70(103)55(39-49-9-3-2-4-10-49)88-71(104)56(40-50-15-17-51(93)18-16-50)89-73(106)58(48-118-52)85-67(100)45-83-66(99)44-82-65(98)42-77/h2-4,9-10,15-18,52-60,93H,5-8,11-14,19-48,76-77H2,1H3,(H2,78,94)(H2,79,95)(H2,80,96)(H,81,97)(H,82,98)(H,83,99)(H,84,101)(H,85,100)(H,86,103)(H,87,107)(H,88,104)(H,89,106)(H,90,102)(H,91,105)/t52?,53-,54-,55-,56-,57-,58-,59-,60-/m0/s1. The predicted octanol–water partition coefficient (Wildman–Crippen LogP) is -6.48. The number of unbranched alkanes of at least 4 members (excludes halogenated alkanes) is 1. The maximum atomic E-state index is 15.3. The van der Waals surface area contributed by atoms with Crippen LogP contribution in [0.5, 0.6) is 5.75 Å². The highest BCUT2D eigenvalue weighted by molar-refractivity contribution is 8.03. The van der Waals surface area contributed by atoms with E-state index in [1.165, 1.54) is 29.2 Å². The number of aromatic hydroxyl groups is 1. The molecule has 1 unspecified atom stereocenters. The van der Waals surface area contributed by atoms with Crippen molar-refractivity contribution in [3.8, 4) is 5.75 Å². The van der Waals surface area contributed by atoms with Crippen LogP contribution < -0.4 is 87.2 Å². The van der Waals surface area contributed by atoms with Crippen LogP contribution in [0.25, 0.3) is 0 Å². The first-order valence-electron chi connectivity index (χ1n) is 39.1. The van der Waals surface area contributed by atoms with Crippen LogP contribution in [0.3, 0.4) is 0 Å². The Kier molecular flexibility index (Phi) is 51.4. The quantitative estimate of drug-likeness (QED) is 0.0274. The fraction of sp³-hybridized carbons (Fsp3) is 0.640. The molecule has 0 spiro atoms. The van der Waals surface area contributed by atoms with Crippen LogP contribution in [0.2, 0.25) is 0 Å². The van der Waals surface area contributed by atoms with Crippen LogP contribution in [0.4, 0.5) is 0 Å². The number of rotatable bonds is 53. The number of hydrogen-bond donors (Lipinski definition) is 17. The molecule has 43 heteroatoms. The van der Waals surface area contributed by atoms with Crippen molar-refractivity contribution in [3.05, 3.63) is 65.7 Å². The van der Waals surface area contributed by atoms with Crippen molar-refractivity contribution in [1.29, 1.82) is 0 Å². The molecule has 660 valence electrons. The van der Waals surface area contributed by atoms with Gasteiger partial charge in [0, 0.05) is 68.4 Å². The number of benzene rings is 2. The minimum Gasteiger partial charge on any atom is -0.508 e. The number of carbonyl (C=O) groups excluding carboxylic acids is 15. The number of hydrogen-bond acceptors (Lipinski definition) is 28. The number of phenolic OH excluding ortho intramolecular Hbond substituents is 1. The third kappa shape index (κ3) is 43.9. The molecule has 41 nitrogen and oxygen atoms in total. The summed E-state index contributed by atoms with van der Waals surface area (Å²) in [5.74, 6) is -14.2. The zero-order valence-corrected chi connectivity index (χ0v) is 68.4. The summed E-state index contributed by atoms with van der Waals surface area (Å²) >= 11 is 2.17. The predicted molar refractivity (Wildman–Crippen MR) is 431 cm³/mol. The zero-order valence-electron chi connectivity index (χ0n) is 66.7. The van der Waals surface area contributed by atoms with Crippen molar-refractivity contribution in [1.82, 2.24) is 63.4 Å². The molecule has 9 atom stereocenters. The number of likely N-dealkylation sites (tertiary alicyclic amines) is 1. The third-order valence-electron chi connectivity index (χ3n) is 17.7. The second kappa shape index (κ2) is 60.1. The number of thioether (sulfide) groups is 2. The molecule has 0 radical (unpaired) electrons. The number of methoxy groups -OCH3 is 1. The van der Waals surface area contributed by atoms with Gasteiger partial charge < -0.3 is 135 Å². The molecular weight excluding hydrogens is 1590 g/mol. The lowest BCUT2D eigenvalue weighted by Crippen LogP contribution is -2.61. The topological polar surface area (TPSA) is 616 Å². The number of primary amides is 3. The van der Waals surface area contributed by atoms with Crippen molar-refractivity contribution in [2.75, 3.05) is 169 Å². The van der Waals surface area contributed by atoms with Gasteiger partial charge in [0.25, 0.3) is 0 Å². The van der Waals surface area contributed by atoms with Crippen molar-refractivity contribution in [3.63, 3.8) is 0 Å². The van der Waals surface area contributed by atoms with Gasteiger partial charge in [0.05, 0.1) is 132 Å². The zero-order chi connectivity index (χ0) is 86.2. The lowest BCUT2D eigenvalue weighted by atomic mass is 10.0. The van der Waals surface area contributed by atoms with E-state index in [4.69, 9.17) is 66.6 Å².